The van der Waals surface area contributed by atoms with Crippen LogP contribution in [0.5, 0.6) is 0 Å². The molecular formula is C26H30N4O3. The van der Waals surface area contributed by atoms with Gasteiger partial charge in [-0.15, -0.1) is 0 Å². The van der Waals surface area contributed by atoms with E-state index in [1.54, 1.807) is 30.0 Å². The summed E-state index contributed by atoms with van der Waals surface area (Å²) in [5, 5.41) is 7.67. The standard InChI is InChI=1S/C26H30N4O3/c1-3-33-24(31)18-30(22-10-6-9-21(17-22)25(27)28)15-7-8-20-11-12-23(19(2)16-20)26(32)29-13-4-5-14-29/h6,9-12,16-17H,3-5,13-15,18H2,1-2H3,(H3,27,28). The number of amidine groups is 1. The van der Waals surface area contributed by atoms with Crippen molar-refractivity contribution in [3.05, 3.63) is 64.7 Å². The predicted octanol–water partition coefficient (Wildman–Crippen LogP) is 2.94. The number of benzene rings is 2. The molecule has 33 heavy (non-hydrogen) atoms. The second-order valence-electron chi connectivity index (χ2n) is 7.96. The molecule has 3 rings (SSSR count). The van der Waals surface area contributed by atoms with Gasteiger partial charge in [-0.25, -0.2) is 0 Å². The molecule has 1 heterocycles. The fraction of sp³-hybridized carbons (Fsp3) is 0.346. The minimum atomic E-state index is -0.354. The van der Waals surface area contributed by atoms with Gasteiger partial charge in [0.05, 0.1) is 13.2 Å². The van der Waals surface area contributed by atoms with Gasteiger partial charge in [-0.3, -0.25) is 15.0 Å². The molecule has 1 aliphatic heterocycles. The molecule has 0 spiro atoms. The number of carbonyl (C=O) groups excluding carboxylic acids is 2. The van der Waals surface area contributed by atoms with Gasteiger partial charge >= 0.3 is 5.97 Å². The van der Waals surface area contributed by atoms with Crippen molar-refractivity contribution in [1.29, 1.82) is 5.41 Å². The van der Waals surface area contributed by atoms with Crippen molar-refractivity contribution >= 4 is 23.4 Å². The van der Waals surface area contributed by atoms with Crippen molar-refractivity contribution in [2.24, 2.45) is 5.73 Å². The molecule has 2 aromatic carbocycles. The van der Waals surface area contributed by atoms with E-state index in [4.69, 9.17) is 15.9 Å². The summed E-state index contributed by atoms with van der Waals surface area (Å²) in [4.78, 5) is 28.5. The Morgan fingerprint density at radius 3 is 2.61 bits per heavy atom. The molecule has 1 saturated heterocycles. The van der Waals surface area contributed by atoms with Crippen molar-refractivity contribution in [3.8, 4) is 11.8 Å². The Bertz CT molecular complexity index is 1090. The number of rotatable bonds is 7. The van der Waals surface area contributed by atoms with Crippen LogP contribution < -0.4 is 10.6 Å². The van der Waals surface area contributed by atoms with E-state index in [1.807, 2.05) is 36.1 Å². The summed E-state index contributed by atoms with van der Waals surface area (Å²) < 4.78 is 5.10. The number of nitrogens with zero attached hydrogens (tertiary/aromatic N) is 2. The van der Waals surface area contributed by atoms with Crippen LogP contribution in [0.25, 0.3) is 0 Å². The average Bonchev–Trinajstić information content (AvgIpc) is 3.33. The van der Waals surface area contributed by atoms with Crippen LogP contribution in [0, 0.1) is 24.2 Å². The lowest BCUT2D eigenvalue weighted by atomic mass is 10.0. The third kappa shape index (κ3) is 6.36. The Kier molecular flexibility index (Phi) is 8.09. The summed E-state index contributed by atoms with van der Waals surface area (Å²) in [6.45, 7) is 5.95. The number of amides is 1. The highest BCUT2D eigenvalue weighted by atomic mass is 16.5. The molecular weight excluding hydrogens is 416 g/mol. The van der Waals surface area contributed by atoms with Crippen LogP contribution in [0.1, 0.15) is 46.8 Å². The highest BCUT2D eigenvalue weighted by molar-refractivity contribution is 5.96. The summed E-state index contributed by atoms with van der Waals surface area (Å²) in [6.07, 6.45) is 2.12. The number of hydrogen-bond donors (Lipinski definition) is 2. The van der Waals surface area contributed by atoms with E-state index in [0.717, 1.165) is 42.7 Å². The molecule has 7 heteroatoms. The van der Waals surface area contributed by atoms with Crippen LogP contribution >= 0.6 is 0 Å². The van der Waals surface area contributed by atoms with E-state index in [9.17, 15) is 9.59 Å². The fourth-order valence-corrected chi connectivity index (χ4v) is 3.78. The van der Waals surface area contributed by atoms with Crippen LogP contribution in [-0.2, 0) is 9.53 Å². The number of esters is 1. The minimum absolute atomic E-state index is 0.0339. The molecule has 0 aliphatic carbocycles. The zero-order chi connectivity index (χ0) is 23.8. The van der Waals surface area contributed by atoms with Crippen LogP contribution in [0.3, 0.4) is 0 Å². The first-order valence-electron chi connectivity index (χ1n) is 11.1. The predicted molar refractivity (Wildman–Crippen MR) is 129 cm³/mol. The van der Waals surface area contributed by atoms with E-state index in [2.05, 4.69) is 11.8 Å². The fourth-order valence-electron chi connectivity index (χ4n) is 3.78. The Morgan fingerprint density at radius 2 is 1.94 bits per heavy atom. The minimum Gasteiger partial charge on any atom is -0.465 e. The molecule has 0 saturated carbocycles. The largest absolute Gasteiger partial charge is 0.465 e. The lowest BCUT2D eigenvalue weighted by molar-refractivity contribution is -0.141. The molecule has 1 fully saturated rings. The molecule has 1 amide bonds. The van der Waals surface area contributed by atoms with Crippen LogP contribution in [-0.4, -0.2) is 55.4 Å². The first-order chi connectivity index (χ1) is 15.9. The van der Waals surface area contributed by atoms with Crippen LogP contribution in [0.15, 0.2) is 42.5 Å². The van der Waals surface area contributed by atoms with Gasteiger partial charge in [-0.05, 0) is 62.6 Å². The number of ether oxygens (including phenoxy) is 1. The number of anilines is 1. The van der Waals surface area contributed by atoms with E-state index >= 15 is 0 Å². The summed E-state index contributed by atoms with van der Waals surface area (Å²) in [6, 6.07) is 12.7. The quantitative estimate of drug-likeness (QED) is 0.295. The van der Waals surface area contributed by atoms with Crippen molar-refractivity contribution in [3.63, 3.8) is 0 Å². The number of nitrogen functional groups attached to an aromatic ring is 1. The van der Waals surface area contributed by atoms with E-state index in [1.165, 1.54) is 0 Å². The van der Waals surface area contributed by atoms with Crippen molar-refractivity contribution in [1.82, 2.24) is 4.90 Å². The lowest BCUT2D eigenvalue weighted by Gasteiger charge is -2.22. The van der Waals surface area contributed by atoms with Gasteiger partial charge in [-0.1, -0.05) is 24.0 Å². The zero-order valence-electron chi connectivity index (χ0n) is 19.2. The van der Waals surface area contributed by atoms with Crippen LogP contribution in [0.4, 0.5) is 5.69 Å². The highest BCUT2D eigenvalue weighted by Crippen LogP contribution is 2.18. The smallest absolute Gasteiger partial charge is 0.325 e. The SMILES string of the molecule is CCOC(=O)CN(CC#Cc1ccc(C(=O)N2CCCC2)c(C)c1)c1cccc(C(=N)N)c1. The van der Waals surface area contributed by atoms with Gasteiger partial charge < -0.3 is 20.3 Å². The maximum Gasteiger partial charge on any atom is 0.325 e. The Labute approximate surface area is 195 Å². The Balaban J connectivity index is 1.76. The number of nitrogens with one attached hydrogen (secondary N) is 1. The third-order valence-electron chi connectivity index (χ3n) is 5.50. The molecule has 1 aliphatic rings. The van der Waals surface area contributed by atoms with E-state index in [0.29, 0.717) is 17.7 Å². The van der Waals surface area contributed by atoms with Crippen LogP contribution in [0.2, 0.25) is 0 Å². The molecule has 3 N–H and O–H groups in total. The highest BCUT2D eigenvalue weighted by Gasteiger charge is 2.20. The van der Waals surface area contributed by atoms with E-state index in [-0.39, 0.29) is 30.8 Å². The normalized spacial score (nSPS) is 12.6. The van der Waals surface area contributed by atoms with Gasteiger partial charge in [0.1, 0.15) is 12.4 Å². The Morgan fingerprint density at radius 1 is 1.18 bits per heavy atom. The zero-order valence-corrected chi connectivity index (χ0v) is 19.2. The first kappa shape index (κ1) is 23.9. The molecule has 0 aromatic heterocycles. The average molecular weight is 447 g/mol. The number of likely N-dealkylation sites (tertiary alicyclic amines) is 1. The molecule has 0 unspecified atom stereocenters. The topological polar surface area (TPSA) is 99.7 Å². The summed E-state index contributed by atoms with van der Waals surface area (Å²) in [5.74, 6) is 5.93. The van der Waals surface area contributed by atoms with Gasteiger partial charge in [0.25, 0.3) is 5.91 Å². The maximum absolute atomic E-state index is 12.7. The van der Waals surface area contributed by atoms with Crippen molar-refractivity contribution in [2.45, 2.75) is 26.7 Å². The summed E-state index contributed by atoms with van der Waals surface area (Å²) >= 11 is 0. The third-order valence-corrected chi connectivity index (χ3v) is 5.50. The summed E-state index contributed by atoms with van der Waals surface area (Å²) in [7, 11) is 0. The lowest BCUT2D eigenvalue weighted by Crippen LogP contribution is -2.31. The van der Waals surface area contributed by atoms with E-state index < -0.39 is 0 Å². The molecule has 2 aromatic rings. The molecule has 0 radical (unpaired) electrons. The maximum atomic E-state index is 12.7. The van der Waals surface area contributed by atoms with Gasteiger partial charge in [0.2, 0.25) is 0 Å². The number of hydrogen-bond acceptors (Lipinski definition) is 5. The Hall–Kier alpha value is -3.79. The van der Waals surface area contributed by atoms with Crippen molar-refractivity contribution in [2.75, 3.05) is 37.7 Å². The van der Waals surface area contributed by atoms with Gasteiger partial charge in [-0.2, -0.15) is 0 Å². The molecule has 0 atom stereocenters. The monoisotopic (exact) mass is 446 g/mol. The number of nitrogens with two attached hydrogens (primary N) is 1. The van der Waals surface area contributed by atoms with Crippen molar-refractivity contribution < 1.29 is 14.3 Å². The van der Waals surface area contributed by atoms with Gasteiger partial charge in [0.15, 0.2) is 0 Å². The second kappa shape index (κ2) is 11.2. The first-order valence-corrected chi connectivity index (χ1v) is 11.1. The number of carbonyl (C=O) groups is 2. The second-order valence-corrected chi connectivity index (χ2v) is 7.96. The molecule has 172 valence electrons. The molecule has 0 bridgehead atoms. The molecule has 7 nitrogen and oxygen atoms in total. The van der Waals surface area contributed by atoms with Gasteiger partial charge in [0, 0.05) is 35.5 Å². The number of aryl methyl sites for hydroxylation is 1. The summed E-state index contributed by atoms with van der Waals surface area (Å²) in [5.41, 5.74) is 9.33.